The number of fused-ring (bicyclic) bond motifs is 1. The van der Waals surface area contributed by atoms with Crippen molar-refractivity contribution in [2.75, 3.05) is 6.54 Å². The third-order valence-corrected chi connectivity index (χ3v) is 5.66. The van der Waals surface area contributed by atoms with Gasteiger partial charge in [-0.05, 0) is 31.4 Å². The molecule has 3 nitrogen and oxygen atoms in total. The van der Waals surface area contributed by atoms with Crippen LogP contribution in [0.15, 0.2) is 41.4 Å². The lowest BCUT2D eigenvalue weighted by molar-refractivity contribution is 0.151. The predicted octanol–water partition coefficient (Wildman–Crippen LogP) is 3.71. The Bertz CT molecular complexity index is 705. The number of pyridine rings is 1. The van der Waals surface area contributed by atoms with E-state index in [4.69, 9.17) is 0 Å². The monoisotopic (exact) mass is 318 g/mol. The summed E-state index contributed by atoms with van der Waals surface area (Å²) in [4.78, 5) is 5.57. The molecular weight excluding hydrogens is 292 g/mol. The van der Waals surface area contributed by atoms with Crippen LogP contribution < -0.4 is 4.72 Å². The smallest absolute Gasteiger partial charge is 0.0839 e. The maximum atomic E-state index is 9.77. The number of benzene rings is 1. The fourth-order valence-corrected chi connectivity index (χ4v) is 4.12. The summed E-state index contributed by atoms with van der Waals surface area (Å²) in [5.41, 5.74) is 0.975. The van der Waals surface area contributed by atoms with E-state index >= 15 is 0 Å². The lowest BCUT2D eigenvalue weighted by atomic mass is 10.1. The molecule has 0 aliphatic rings. The number of hydrogen-bond acceptors (Lipinski definition) is 3. The Balaban J connectivity index is 2.04. The van der Waals surface area contributed by atoms with Gasteiger partial charge in [0.15, 0.2) is 0 Å². The van der Waals surface area contributed by atoms with Gasteiger partial charge in [0, 0.05) is 23.0 Å². The van der Waals surface area contributed by atoms with E-state index in [1.54, 1.807) is 0 Å². The van der Waals surface area contributed by atoms with Crippen molar-refractivity contribution in [3.63, 3.8) is 0 Å². The molecule has 0 aliphatic carbocycles. The predicted molar refractivity (Wildman–Crippen MR) is 100.0 cm³/mol. The summed E-state index contributed by atoms with van der Waals surface area (Å²) in [7, 11) is -1.59. The molecule has 0 spiro atoms. The van der Waals surface area contributed by atoms with Gasteiger partial charge in [0.2, 0.25) is 0 Å². The van der Waals surface area contributed by atoms with Crippen LogP contribution in [0.25, 0.3) is 10.9 Å². The number of nitrogens with one attached hydrogen (secondary N) is 1. The maximum Gasteiger partial charge on any atom is 0.0839 e. The Hall–Kier alpha value is -1.36. The molecule has 120 valence electrons. The van der Waals surface area contributed by atoms with Gasteiger partial charge in [-0.1, -0.05) is 43.3 Å². The normalized spacial score (nSPS) is 13.4. The highest BCUT2D eigenvalue weighted by molar-refractivity contribution is 8.26. The second-order valence-corrected chi connectivity index (χ2v) is 8.19. The number of aliphatic hydroxyl groups excluding tert-OH is 1. The van der Waals surface area contributed by atoms with Crippen molar-refractivity contribution in [1.29, 1.82) is 0 Å². The van der Waals surface area contributed by atoms with Gasteiger partial charge < -0.3 is 5.11 Å². The summed E-state index contributed by atoms with van der Waals surface area (Å²) in [6.45, 7) is 2.91. The molecule has 0 amide bonds. The molecule has 22 heavy (non-hydrogen) atoms. The second kappa shape index (κ2) is 7.77. The van der Waals surface area contributed by atoms with Crippen LogP contribution in [0.2, 0.25) is 0 Å². The van der Waals surface area contributed by atoms with Crippen molar-refractivity contribution >= 4 is 32.0 Å². The van der Waals surface area contributed by atoms with E-state index in [9.17, 15) is 5.11 Å². The Labute approximate surface area is 134 Å². The minimum atomic E-state index is -1.59. The fourth-order valence-electron chi connectivity index (χ4n) is 2.55. The summed E-state index contributed by atoms with van der Waals surface area (Å²) in [5.74, 6) is 8.60. The van der Waals surface area contributed by atoms with Crippen molar-refractivity contribution in [2.45, 2.75) is 43.6 Å². The van der Waals surface area contributed by atoms with Gasteiger partial charge in [-0.3, -0.25) is 9.71 Å². The van der Waals surface area contributed by atoms with E-state index in [0.29, 0.717) is 0 Å². The van der Waals surface area contributed by atoms with Crippen molar-refractivity contribution in [2.24, 2.45) is 0 Å². The third kappa shape index (κ3) is 4.32. The lowest BCUT2D eigenvalue weighted by Crippen LogP contribution is -2.15. The van der Waals surface area contributed by atoms with Crippen LogP contribution in [-0.4, -0.2) is 34.5 Å². The van der Waals surface area contributed by atoms with Gasteiger partial charge in [0.1, 0.15) is 0 Å². The zero-order chi connectivity index (χ0) is 16.0. The molecule has 1 heterocycles. The Kier molecular flexibility index (Phi) is 6.00. The maximum absolute atomic E-state index is 9.77. The summed E-state index contributed by atoms with van der Waals surface area (Å²) in [5, 5.41) is 10.9. The van der Waals surface area contributed by atoms with E-state index in [1.165, 1.54) is 0 Å². The van der Waals surface area contributed by atoms with Gasteiger partial charge in [0.05, 0.1) is 11.6 Å². The van der Waals surface area contributed by atoms with Crippen LogP contribution >= 0.6 is 9.39 Å². The molecule has 0 bridgehead atoms. The average molecular weight is 318 g/mol. The Morgan fingerprint density at radius 2 is 2.00 bits per heavy atom. The van der Waals surface area contributed by atoms with E-state index in [2.05, 4.69) is 46.6 Å². The van der Waals surface area contributed by atoms with Crippen molar-refractivity contribution < 1.29 is 5.11 Å². The van der Waals surface area contributed by atoms with Gasteiger partial charge in [0.25, 0.3) is 0 Å². The SMILES string of the molecule is C=S(=C)(NCCCC(O)CCC)c1cccc2cccnc12. The minimum Gasteiger partial charge on any atom is -0.393 e. The van der Waals surface area contributed by atoms with E-state index in [0.717, 1.165) is 48.0 Å². The van der Waals surface area contributed by atoms with Gasteiger partial charge in [-0.15, -0.1) is 9.39 Å². The van der Waals surface area contributed by atoms with E-state index in [1.807, 2.05) is 18.3 Å². The van der Waals surface area contributed by atoms with E-state index < -0.39 is 9.39 Å². The zero-order valence-electron chi connectivity index (χ0n) is 13.3. The molecule has 1 aromatic heterocycles. The van der Waals surface area contributed by atoms with Gasteiger partial charge >= 0.3 is 0 Å². The number of rotatable bonds is 8. The largest absolute Gasteiger partial charge is 0.393 e. The number of aliphatic hydroxyl groups is 1. The van der Waals surface area contributed by atoms with Crippen LogP contribution in [0.1, 0.15) is 32.6 Å². The minimum absolute atomic E-state index is 0.190. The summed E-state index contributed by atoms with van der Waals surface area (Å²) >= 11 is 0. The third-order valence-electron chi connectivity index (χ3n) is 3.73. The molecular formula is C18H26N2OS. The van der Waals surface area contributed by atoms with Crippen molar-refractivity contribution in [3.05, 3.63) is 36.5 Å². The molecule has 0 saturated heterocycles. The topological polar surface area (TPSA) is 45.1 Å². The molecule has 2 rings (SSSR count). The number of para-hydroxylation sites is 1. The lowest BCUT2D eigenvalue weighted by Gasteiger charge is -2.19. The molecule has 1 atom stereocenters. The quantitative estimate of drug-likeness (QED) is 0.576. The molecule has 0 aliphatic heterocycles. The summed E-state index contributed by atoms with van der Waals surface area (Å²) in [6.07, 6.45) is 5.27. The van der Waals surface area contributed by atoms with Gasteiger partial charge in [-0.25, -0.2) is 0 Å². The first-order valence-electron chi connectivity index (χ1n) is 7.80. The summed E-state index contributed by atoms with van der Waals surface area (Å²) in [6, 6.07) is 10.1. The first-order valence-corrected chi connectivity index (χ1v) is 9.77. The number of hydrogen-bond donors (Lipinski definition) is 2. The molecule has 0 fully saturated rings. The van der Waals surface area contributed by atoms with Gasteiger partial charge in [-0.2, -0.15) is 0 Å². The van der Waals surface area contributed by atoms with Crippen LogP contribution in [-0.2, 0) is 0 Å². The number of nitrogens with zero attached hydrogens (tertiary/aromatic N) is 1. The Morgan fingerprint density at radius 1 is 1.23 bits per heavy atom. The molecule has 4 heteroatoms. The Morgan fingerprint density at radius 3 is 2.77 bits per heavy atom. The van der Waals surface area contributed by atoms with Crippen LogP contribution in [0, 0.1) is 0 Å². The van der Waals surface area contributed by atoms with Crippen LogP contribution in [0.4, 0.5) is 0 Å². The molecule has 2 N–H and O–H groups in total. The standard InChI is InChI=1S/C18H26N2OS/c1-4-8-16(21)11-7-14-20-22(2,3)17-12-5-9-15-10-6-13-19-18(15)17/h5-6,9-10,12-13,16,20-21H,2-4,7-8,11,14H2,1H3. The molecule has 1 unspecified atom stereocenters. The second-order valence-electron chi connectivity index (χ2n) is 5.69. The first kappa shape index (κ1) is 17.0. The first-order chi connectivity index (χ1) is 10.5. The highest BCUT2D eigenvalue weighted by Crippen LogP contribution is 2.33. The highest BCUT2D eigenvalue weighted by Gasteiger charge is 2.08. The summed E-state index contributed by atoms with van der Waals surface area (Å²) < 4.78 is 3.47. The highest BCUT2D eigenvalue weighted by atomic mass is 32.2. The molecule has 0 saturated carbocycles. The zero-order valence-corrected chi connectivity index (χ0v) is 14.1. The fraction of sp³-hybridized carbons (Fsp3) is 0.389. The average Bonchev–Trinajstić information content (AvgIpc) is 2.51. The van der Waals surface area contributed by atoms with Crippen molar-refractivity contribution in [1.82, 2.24) is 9.71 Å². The van der Waals surface area contributed by atoms with Crippen molar-refractivity contribution in [3.8, 4) is 0 Å². The van der Waals surface area contributed by atoms with Crippen LogP contribution in [0.5, 0.6) is 0 Å². The number of aromatic nitrogens is 1. The molecule has 0 radical (unpaired) electrons. The van der Waals surface area contributed by atoms with Crippen LogP contribution in [0.3, 0.4) is 0 Å². The van der Waals surface area contributed by atoms with E-state index in [-0.39, 0.29) is 6.10 Å². The molecule has 2 aromatic rings. The molecule has 1 aromatic carbocycles.